The predicted molar refractivity (Wildman–Crippen MR) is 122 cm³/mol. The van der Waals surface area contributed by atoms with Gasteiger partial charge in [-0.1, -0.05) is 62.4 Å². The molecule has 3 rings (SSSR count). The fourth-order valence-corrected chi connectivity index (χ4v) is 3.84. The molecule has 3 aromatic rings. The van der Waals surface area contributed by atoms with Gasteiger partial charge in [-0.3, -0.25) is 9.59 Å². The number of rotatable bonds is 8. The van der Waals surface area contributed by atoms with Gasteiger partial charge in [-0.25, -0.2) is 0 Å². The van der Waals surface area contributed by atoms with Crippen LogP contribution in [0.2, 0.25) is 0 Å². The van der Waals surface area contributed by atoms with Crippen molar-refractivity contribution in [2.75, 3.05) is 5.32 Å². The minimum atomic E-state index is -0.907. The molecule has 0 saturated heterocycles. The van der Waals surface area contributed by atoms with E-state index in [9.17, 15) is 14.9 Å². The summed E-state index contributed by atoms with van der Waals surface area (Å²) in [5.41, 5.74) is 2.59. The molecule has 1 unspecified atom stereocenters. The van der Waals surface area contributed by atoms with E-state index in [1.54, 1.807) is 18.2 Å². The highest BCUT2D eigenvalue weighted by molar-refractivity contribution is 6.00. The van der Waals surface area contributed by atoms with Gasteiger partial charge in [-0.2, -0.15) is 5.26 Å². The van der Waals surface area contributed by atoms with E-state index < -0.39 is 5.97 Å². The van der Waals surface area contributed by atoms with Gasteiger partial charge in [0.05, 0.1) is 17.6 Å². The van der Waals surface area contributed by atoms with Crippen LogP contribution in [0.5, 0.6) is 0 Å². The summed E-state index contributed by atoms with van der Waals surface area (Å²) in [5, 5.41) is 23.4. The zero-order valence-electron chi connectivity index (χ0n) is 17.8. The lowest BCUT2D eigenvalue weighted by Gasteiger charge is -2.22. The second kappa shape index (κ2) is 9.90. The van der Waals surface area contributed by atoms with E-state index in [-0.39, 0.29) is 24.7 Å². The lowest BCUT2D eigenvalue weighted by atomic mass is 9.86. The van der Waals surface area contributed by atoms with Crippen molar-refractivity contribution in [2.45, 2.75) is 39.0 Å². The molecular formula is C26H26N2O3. The first-order chi connectivity index (χ1) is 14.9. The SMILES string of the molecule is CC(C)CC(C(=O)Nc1cc(C#N)ccc1CCC(=O)O)c1cccc2ccccc12. The van der Waals surface area contributed by atoms with Crippen molar-refractivity contribution in [3.63, 3.8) is 0 Å². The molecule has 2 N–H and O–H groups in total. The number of nitrogens with zero attached hydrogens (tertiary/aromatic N) is 1. The van der Waals surface area contributed by atoms with E-state index >= 15 is 0 Å². The van der Waals surface area contributed by atoms with E-state index in [0.717, 1.165) is 16.3 Å². The van der Waals surface area contributed by atoms with E-state index in [1.807, 2.05) is 42.5 Å². The van der Waals surface area contributed by atoms with E-state index in [4.69, 9.17) is 5.11 Å². The Bertz CT molecular complexity index is 1140. The number of hydrogen-bond donors (Lipinski definition) is 2. The summed E-state index contributed by atoms with van der Waals surface area (Å²) in [5.74, 6) is -1.14. The topological polar surface area (TPSA) is 90.2 Å². The van der Waals surface area contributed by atoms with Crippen LogP contribution in [0.4, 0.5) is 5.69 Å². The standard InChI is InChI=1S/C26H26N2O3/c1-17(2)14-23(22-9-5-7-19-6-3-4-8-21(19)22)26(31)28-24-15-18(16-27)10-11-20(24)12-13-25(29)30/h3-11,15,17,23H,12-14H2,1-2H3,(H,28,31)(H,29,30). The highest BCUT2D eigenvalue weighted by atomic mass is 16.4. The fraction of sp³-hybridized carbons (Fsp3) is 0.269. The summed E-state index contributed by atoms with van der Waals surface area (Å²) in [6, 6.07) is 21.0. The smallest absolute Gasteiger partial charge is 0.303 e. The van der Waals surface area contributed by atoms with Gasteiger partial charge in [-0.15, -0.1) is 0 Å². The van der Waals surface area contributed by atoms with Gasteiger partial charge in [0.2, 0.25) is 5.91 Å². The highest BCUT2D eigenvalue weighted by Crippen LogP contribution is 2.32. The summed E-state index contributed by atoms with van der Waals surface area (Å²) < 4.78 is 0. The lowest BCUT2D eigenvalue weighted by Crippen LogP contribution is -2.23. The van der Waals surface area contributed by atoms with E-state index in [2.05, 4.69) is 25.2 Å². The number of carbonyl (C=O) groups is 2. The number of carboxylic acid groups (broad SMARTS) is 1. The first-order valence-corrected chi connectivity index (χ1v) is 10.4. The van der Waals surface area contributed by atoms with Crippen LogP contribution in [0.1, 0.15) is 49.3 Å². The number of anilines is 1. The second-order valence-electron chi connectivity index (χ2n) is 8.12. The summed E-state index contributed by atoms with van der Waals surface area (Å²) >= 11 is 0. The molecule has 0 radical (unpaired) electrons. The number of amides is 1. The van der Waals surface area contributed by atoms with Crippen LogP contribution in [0.3, 0.4) is 0 Å². The third-order valence-corrected chi connectivity index (χ3v) is 5.33. The molecule has 0 heterocycles. The van der Waals surface area contributed by atoms with Crippen LogP contribution >= 0.6 is 0 Å². The molecule has 158 valence electrons. The van der Waals surface area contributed by atoms with Crippen molar-refractivity contribution in [1.29, 1.82) is 5.26 Å². The van der Waals surface area contributed by atoms with Crippen LogP contribution in [-0.4, -0.2) is 17.0 Å². The zero-order valence-corrected chi connectivity index (χ0v) is 17.8. The van der Waals surface area contributed by atoms with Gasteiger partial charge in [0, 0.05) is 12.1 Å². The molecule has 0 bridgehead atoms. The lowest BCUT2D eigenvalue weighted by molar-refractivity contribution is -0.137. The molecule has 5 heteroatoms. The van der Waals surface area contributed by atoms with Gasteiger partial charge >= 0.3 is 5.97 Å². The van der Waals surface area contributed by atoms with Crippen molar-refractivity contribution < 1.29 is 14.7 Å². The van der Waals surface area contributed by atoms with E-state index in [0.29, 0.717) is 29.2 Å². The largest absolute Gasteiger partial charge is 0.481 e. The monoisotopic (exact) mass is 414 g/mol. The van der Waals surface area contributed by atoms with Gasteiger partial charge in [0.25, 0.3) is 0 Å². The summed E-state index contributed by atoms with van der Waals surface area (Å²) in [4.78, 5) is 24.5. The molecule has 0 fully saturated rings. The predicted octanol–water partition coefficient (Wildman–Crippen LogP) is 5.50. The highest BCUT2D eigenvalue weighted by Gasteiger charge is 2.24. The maximum absolute atomic E-state index is 13.5. The molecule has 0 aliphatic heterocycles. The van der Waals surface area contributed by atoms with Gasteiger partial charge in [0.15, 0.2) is 0 Å². The Morgan fingerprint density at radius 3 is 2.52 bits per heavy atom. The van der Waals surface area contributed by atoms with Crippen LogP contribution in [-0.2, 0) is 16.0 Å². The van der Waals surface area contributed by atoms with Crippen molar-refractivity contribution in [2.24, 2.45) is 5.92 Å². The second-order valence-corrected chi connectivity index (χ2v) is 8.12. The maximum Gasteiger partial charge on any atom is 0.303 e. The number of nitrogens with one attached hydrogen (secondary N) is 1. The molecule has 0 aromatic heterocycles. The Morgan fingerprint density at radius 2 is 1.81 bits per heavy atom. The maximum atomic E-state index is 13.5. The number of carbonyl (C=O) groups excluding carboxylic acids is 1. The number of benzene rings is 3. The fourth-order valence-electron chi connectivity index (χ4n) is 3.84. The molecule has 0 saturated carbocycles. The van der Waals surface area contributed by atoms with E-state index in [1.165, 1.54) is 0 Å². The Labute approximate surface area is 182 Å². The molecule has 3 aromatic carbocycles. The van der Waals surface area contributed by atoms with Gasteiger partial charge in [-0.05, 0) is 52.8 Å². The number of nitriles is 1. The Hall–Kier alpha value is -3.65. The third kappa shape index (κ3) is 5.49. The quantitative estimate of drug-likeness (QED) is 0.509. The summed E-state index contributed by atoms with van der Waals surface area (Å²) in [6.07, 6.45) is 0.898. The first-order valence-electron chi connectivity index (χ1n) is 10.4. The number of aliphatic carboxylic acids is 1. The average molecular weight is 415 g/mol. The third-order valence-electron chi connectivity index (χ3n) is 5.33. The van der Waals surface area contributed by atoms with Crippen molar-refractivity contribution in [3.8, 4) is 6.07 Å². The number of hydrogen-bond acceptors (Lipinski definition) is 3. The molecule has 1 atom stereocenters. The zero-order chi connectivity index (χ0) is 22.4. The van der Waals surface area contributed by atoms with Crippen LogP contribution in [0, 0.1) is 17.2 Å². The minimum absolute atomic E-state index is 0.0481. The number of carboxylic acids is 1. The van der Waals surface area contributed by atoms with Crippen LogP contribution in [0.15, 0.2) is 60.7 Å². The molecular weight excluding hydrogens is 388 g/mol. The minimum Gasteiger partial charge on any atom is -0.481 e. The normalized spacial score (nSPS) is 11.8. The molecule has 0 aliphatic rings. The average Bonchev–Trinajstić information content (AvgIpc) is 2.76. The Balaban J connectivity index is 1.98. The summed E-state index contributed by atoms with van der Waals surface area (Å²) in [7, 11) is 0. The van der Waals surface area contributed by atoms with Crippen molar-refractivity contribution in [3.05, 3.63) is 77.4 Å². The van der Waals surface area contributed by atoms with Crippen LogP contribution in [0.25, 0.3) is 10.8 Å². The van der Waals surface area contributed by atoms with Crippen molar-refractivity contribution in [1.82, 2.24) is 0 Å². The molecule has 0 aliphatic carbocycles. The molecule has 0 spiro atoms. The van der Waals surface area contributed by atoms with Crippen LogP contribution < -0.4 is 5.32 Å². The van der Waals surface area contributed by atoms with Crippen molar-refractivity contribution >= 4 is 28.3 Å². The first kappa shape index (κ1) is 22.0. The summed E-state index contributed by atoms with van der Waals surface area (Å²) in [6.45, 7) is 4.17. The number of fused-ring (bicyclic) bond motifs is 1. The number of aryl methyl sites for hydroxylation is 1. The Morgan fingerprint density at radius 1 is 1.06 bits per heavy atom. The van der Waals surface area contributed by atoms with Gasteiger partial charge < -0.3 is 10.4 Å². The molecule has 1 amide bonds. The molecule has 31 heavy (non-hydrogen) atoms. The molecule has 5 nitrogen and oxygen atoms in total. The van der Waals surface area contributed by atoms with Gasteiger partial charge in [0.1, 0.15) is 0 Å². The Kier molecular flexibility index (Phi) is 7.04.